The number of rotatable bonds is 7. The second kappa shape index (κ2) is 15.7. The lowest BCUT2D eigenvalue weighted by Crippen LogP contribution is -1.94. The Labute approximate surface area is 336 Å². The fourth-order valence-corrected chi connectivity index (χ4v) is 8.46. The fraction of sp³-hybridized carbons (Fsp3) is 0.0968. The van der Waals surface area contributed by atoms with Crippen LogP contribution in [0.5, 0.6) is 0 Å². The number of nitrogens with zero attached hydrogens (tertiary/aromatic N) is 3. The first-order valence-electron chi connectivity index (χ1n) is 14.9. The van der Waals surface area contributed by atoms with Crippen LogP contribution in [0.4, 0.5) is 0 Å². The summed E-state index contributed by atoms with van der Waals surface area (Å²) in [6.07, 6.45) is 3.01. The maximum absolute atomic E-state index is 5.22. The standard InChI is InChI=1S/C19H16N4S4.C12H6N6S6/c24-16-18(26)22-14-8-10(4-6-12(14)20-16)2-1-3-11-5-7-13-15(9-11)23-19(27)17(25)21-13;19-10-16-13-7(22-10)4-1-5(8-14-17-11(20)23-8)3-6(2-4)9-15-18-12(21)24-9/h4-9H,1-3H2,(H,20,24)(H,21,25)(H,22,26)(H,23,27);1-3H,(H,16,19)(H,17,20)(H,18,21). The van der Waals surface area contributed by atoms with Crippen LogP contribution in [-0.2, 0) is 12.8 Å². The summed E-state index contributed by atoms with van der Waals surface area (Å²) in [6.45, 7) is 0. The van der Waals surface area contributed by atoms with Gasteiger partial charge in [0.15, 0.2) is 11.9 Å². The number of benzene rings is 3. The minimum Gasteiger partial charge on any atom is -0.342 e. The van der Waals surface area contributed by atoms with E-state index in [1.165, 1.54) is 45.1 Å². The average molecular weight is 855 g/mol. The zero-order chi connectivity index (χ0) is 35.6. The van der Waals surface area contributed by atoms with Crippen LogP contribution in [0.25, 0.3) is 53.8 Å². The van der Waals surface area contributed by atoms with Gasteiger partial charge in [-0.25, -0.2) is 0 Å². The fourth-order valence-electron chi connectivity index (χ4n) is 5.19. The van der Waals surface area contributed by atoms with Crippen LogP contribution < -0.4 is 0 Å². The molecule has 0 aliphatic carbocycles. The largest absolute Gasteiger partial charge is 0.342 e. The quantitative estimate of drug-likeness (QED) is 0.0772. The van der Waals surface area contributed by atoms with Gasteiger partial charge in [0.25, 0.3) is 0 Å². The van der Waals surface area contributed by atoms with Gasteiger partial charge in [0.2, 0.25) is 0 Å². The molecule has 0 atom stereocenters. The number of H-pyrrole nitrogens is 7. The summed E-state index contributed by atoms with van der Waals surface area (Å²) in [5.74, 6) is 0. The SMILES string of the molecule is S=c1[nH]c2ccc(CCCc3ccc4[nH]c(=S)c(=S)[nH]c4c3)cc2[nH]c1=S.S=c1[nH]nc(-c2cc(-c3n[nH]c(=S)s3)cc(-c3n[nH]c(=S)s3)c2)s1. The molecule has 0 saturated heterocycles. The molecule has 0 aliphatic heterocycles. The molecule has 0 aliphatic rings. The van der Waals surface area contributed by atoms with E-state index in [2.05, 4.69) is 74.8 Å². The molecule has 10 nitrogen and oxygen atoms in total. The third-order valence-electron chi connectivity index (χ3n) is 7.49. The van der Waals surface area contributed by atoms with Crippen molar-refractivity contribution in [1.29, 1.82) is 0 Å². The van der Waals surface area contributed by atoms with E-state index < -0.39 is 0 Å². The van der Waals surface area contributed by atoms with Crippen molar-refractivity contribution in [2.45, 2.75) is 19.3 Å². The van der Waals surface area contributed by atoms with Crippen LogP contribution in [-0.4, -0.2) is 50.5 Å². The molecule has 5 heterocycles. The molecule has 0 radical (unpaired) electrons. The summed E-state index contributed by atoms with van der Waals surface area (Å²) in [7, 11) is 0. The number of fused-ring (bicyclic) bond motifs is 2. The Bertz CT molecular complexity index is 2720. The van der Waals surface area contributed by atoms with Crippen LogP contribution in [0.3, 0.4) is 0 Å². The highest BCUT2D eigenvalue weighted by Crippen LogP contribution is 2.34. The molecule has 7 N–H and O–H groups in total. The van der Waals surface area contributed by atoms with Gasteiger partial charge >= 0.3 is 0 Å². The zero-order valence-corrected chi connectivity index (χ0v) is 33.9. The van der Waals surface area contributed by atoms with Crippen molar-refractivity contribution in [3.8, 4) is 31.7 Å². The Morgan fingerprint density at radius 2 is 0.765 bits per heavy atom. The minimum atomic E-state index is 0.570. The van der Waals surface area contributed by atoms with Gasteiger partial charge in [-0.3, -0.25) is 15.3 Å². The van der Waals surface area contributed by atoms with Gasteiger partial charge in [0, 0.05) is 16.7 Å². The van der Waals surface area contributed by atoms with Gasteiger partial charge in [0.05, 0.1) is 22.1 Å². The highest BCUT2D eigenvalue weighted by atomic mass is 32.2. The number of hydrogen-bond donors (Lipinski definition) is 7. The maximum Gasteiger partial charge on any atom is 0.176 e. The first-order valence-corrected chi connectivity index (χ1v) is 20.2. The topological polar surface area (TPSA) is 149 Å². The van der Waals surface area contributed by atoms with Crippen molar-refractivity contribution in [1.82, 2.24) is 50.5 Å². The third-order valence-corrected chi connectivity index (χ3v) is 12.4. The van der Waals surface area contributed by atoms with Gasteiger partial charge in [-0.1, -0.05) is 95.0 Å². The lowest BCUT2D eigenvalue weighted by atomic mass is 10.0. The predicted octanol–water partition coefficient (Wildman–Crippen LogP) is 11.6. The summed E-state index contributed by atoms with van der Waals surface area (Å²) < 4.78 is 4.17. The number of aromatic amines is 7. The summed E-state index contributed by atoms with van der Waals surface area (Å²) in [5.41, 5.74) is 9.25. The third kappa shape index (κ3) is 8.62. The van der Waals surface area contributed by atoms with E-state index in [1.807, 2.05) is 30.3 Å². The Balaban J connectivity index is 0.000000160. The lowest BCUT2D eigenvalue weighted by Gasteiger charge is -2.06. The summed E-state index contributed by atoms with van der Waals surface area (Å²) >= 11 is 40.5. The van der Waals surface area contributed by atoms with Crippen molar-refractivity contribution in [2.75, 3.05) is 0 Å². The van der Waals surface area contributed by atoms with Gasteiger partial charge in [-0.2, -0.15) is 15.3 Å². The highest BCUT2D eigenvalue weighted by Gasteiger charge is 2.13. The average Bonchev–Trinajstić information content (AvgIpc) is 3.87. The van der Waals surface area contributed by atoms with Gasteiger partial charge in [0.1, 0.15) is 33.6 Å². The van der Waals surface area contributed by atoms with Crippen molar-refractivity contribution in [3.63, 3.8) is 0 Å². The Morgan fingerprint density at radius 3 is 1.08 bits per heavy atom. The number of hydrogen-bond acceptors (Lipinski definition) is 13. The molecule has 256 valence electrons. The van der Waals surface area contributed by atoms with E-state index in [0.29, 0.717) is 30.4 Å². The first-order chi connectivity index (χ1) is 24.6. The first kappa shape index (κ1) is 35.9. The molecule has 0 saturated carbocycles. The van der Waals surface area contributed by atoms with Crippen molar-refractivity contribution < 1.29 is 0 Å². The lowest BCUT2D eigenvalue weighted by molar-refractivity contribution is 0.822. The molecule has 8 rings (SSSR count). The second-order valence-electron chi connectivity index (χ2n) is 11.0. The predicted molar refractivity (Wildman–Crippen MR) is 226 cm³/mol. The van der Waals surface area contributed by atoms with Crippen LogP contribution in [0.1, 0.15) is 17.5 Å². The molecule has 0 spiro atoms. The van der Waals surface area contributed by atoms with Crippen LogP contribution in [0.15, 0.2) is 54.6 Å². The number of aryl methyl sites for hydroxylation is 2. The molecule has 0 unspecified atom stereocenters. The van der Waals surface area contributed by atoms with Crippen molar-refractivity contribution in [2.24, 2.45) is 0 Å². The van der Waals surface area contributed by atoms with Crippen molar-refractivity contribution >= 4 is 142 Å². The molecule has 0 fully saturated rings. The minimum absolute atomic E-state index is 0.570. The molecule has 0 amide bonds. The molecule has 51 heavy (non-hydrogen) atoms. The normalized spacial score (nSPS) is 11.1. The van der Waals surface area contributed by atoms with E-state index in [0.717, 1.165) is 73.0 Å². The monoisotopic (exact) mass is 854 g/mol. The Kier molecular flexibility index (Phi) is 11.0. The smallest absolute Gasteiger partial charge is 0.176 e. The van der Waals surface area contributed by atoms with Gasteiger partial charge in [-0.05, 0) is 110 Å². The van der Waals surface area contributed by atoms with E-state index in [9.17, 15) is 0 Å². The molecule has 8 aromatic rings. The van der Waals surface area contributed by atoms with Crippen LogP contribution >= 0.6 is 120 Å². The van der Waals surface area contributed by atoms with Gasteiger partial charge in [-0.15, -0.1) is 0 Å². The second-order valence-corrected chi connectivity index (χ2v) is 17.6. The zero-order valence-electron chi connectivity index (χ0n) is 25.7. The van der Waals surface area contributed by atoms with E-state index >= 15 is 0 Å². The molecular formula is C31H22N10S10. The van der Waals surface area contributed by atoms with Gasteiger partial charge < -0.3 is 19.9 Å². The number of nitrogens with one attached hydrogen (secondary N) is 7. The summed E-state index contributed by atoms with van der Waals surface area (Å²) in [6, 6.07) is 18.6. The number of aromatic nitrogens is 10. The molecule has 0 bridgehead atoms. The summed E-state index contributed by atoms with van der Waals surface area (Å²) in [5, 5.41) is 23.6. The molecular weight excluding hydrogens is 833 g/mol. The van der Waals surface area contributed by atoms with E-state index in [1.54, 1.807) is 0 Å². The van der Waals surface area contributed by atoms with Crippen molar-refractivity contribution in [3.05, 3.63) is 96.1 Å². The van der Waals surface area contributed by atoms with E-state index in [-0.39, 0.29) is 0 Å². The Morgan fingerprint density at radius 1 is 0.431 bits per heavy atom. The molecule has 3 aromatic carbocycles. The van der Waals surface area contributed by atoms with Crippen LogP contribution in [0, 0.1) is 30.4 Å². The molecule has 20 heteroatoms. The highest BCUT2D eigenvalue weighted by molar-refractivity contribution is 7.74. The maximum atomic E-state index is 5.22. The Hall–Kier alpha value is -3.44. The van der Waals surface area contributed by atoms with E-state index in [4.69, 9.17) is 85.5 Å². The van der Waals surface area contributed by atoms with Crippen LogP contribution in [0.2, 0.25) is 0 Å². The summed E-state index contributed by atoms with van der Waals surface area (Å²) in [4.78, 5) is 12.7. The molecule has 5 aromatic heterocycles.